The fraction of sp³-hybridized carbons (Fsp3) is 0.429. The lowest BCUT2D eigenvalue weighted by atomic mass is 9.98. The van der Waals surface area contributed by atoms with Gasteiger partial charge in [0.15, 0.2) is 0 Å². The SMILES string of the molecule is C=CC1(O)CCCC1NCc1ccccc1. The highest BCUT2D eigenvalue weighted by atomic mass is 16.3. The van der Waals surface area contributed by atoms with Crippen LogP contribution < -0.4 is 5.32 Å². The third kappa shape index (κ3) is 2.34. The van der Waals surface area contributed by atoms with Crippen molar-refractivity contribution in [2.75, 3.05) is 0 Å². The van der Waals surface area contributed by atoms with Crippen molar-refractivity contribution < 1.29 is 5.11 Å². The Hall–Kier alpha value is -1.12. The largest absolute Gasteiger partial charge is 0.384 e. The van der Waals surface area contributed by atoms with E-state index in [4.69, 9.17) is 0 Å². The van der Waals surface area contributed by atoms with Gasteiger partial charge in [-0.3, -0.25) is 0 Å². The Balaban J connectivity index is 1.93. The van der Waals surface area contributed by atoms with Crippen molar-refractivity contribution in [1.82, 2.24) is 5.32 Å². The molecule has 1 fully saturated rings. The first kappa shape index (κ1) is 11.4. The second kappa shape index (κ2) is 4.81. The minimum absolute atomic E-state index is 0.144. The monoisotopic (exact) mass is 217 g/mol. The molecule has 2 unspecified atom stereocenters. The van der Waals surface area contributed by atoms with Gasteiger partial charge in [-0.1, -0.05) is 36.4 Å². The maximum Gasteiger partial charge on any atom is 0.0977 e. The lowest BCUT2D eigenvalue weighted by molar-refractivity contribution is 0.0686. The molecule has 1 aliphatic rings. The van der Waals surface area contributed by atoms with Gasteiger partial charge in [-0.25, -0.2) is 0 Å². The quantitative estimate of drug-likeness (QED) is 0.758. The van der Waals surface area contributed by atoms with Crippen LogP contribution in [0.15, 0.2) is 43.0 Å². The second-order valence-electron chi connectivity index (χ2n) is 4.51. The van der Waals surface area contributed by atoms with Crippen molar-refractivity contribution in [1.29, 1.82) is 0 Å². The van der Waals surface area contributed by atoms with Crippen LogP contribution in [0.2, 0.25) is 0 Å². The van der Waals surface area contributed by atoms with Gasteiger partial charge >= 0.3 is 0 Å². The molecule has 0 spiro atoms. The minimum Gasteiger partial charge on any atom is -0.384 e. The van der Waals surface area contributed by atoms with Crippen LogP contribution in [0.1, 0.15) is 24.8 Å². The Morgan fingerprint density at radius 1 is 1.44 bits per heavy atom. The van der Waals surface area contributed by atoms with Gasteiger partial charge in [0.1, 0.15) is 0 Å². The molecule has 86 valence electrons. The molecule has 2 atom stereocenters. The first-order valence-electron chi connectivity index (χ1n) is 5.88. The Morgan fingerprint density at radius 2 is 2.19 bits per heavy atom. The van der Waals surface area contributed by atoms with Crippen molar-refractivity contribution in [3.05, 3.63) is 48.6 Å². The van der Waals surface area contributed by atoms with E-state index in [1.807, 2.05) is 18.2 Å². The molecule has 2 heteroatoms. The predicted molar refractivity (Wildman–Crippen MR) is 66.1 cm³/mol. The van der Waals surface area contributed by atoms with Gasteiger partial charge in [-0.15, -0.1) is 6.58 Å². The van der Waals surface area contributed by atoms with E-state index in [0.717, 1.165) is 25.8 Å². The van der Waals surface area contributed by atoms with Crippen LogP contribution in [-0.2, 0) is 6.54 Å². The Bertz CT molecular complexity index is 349. The summed E-state index contributed by atoms with van der Waals surface area (Å²) in [5, 5.41) is 13.7. The lowest BCUT2D eigenvalue weighted by Crippen LogP contribution is -2.44. The van der Waals surface area contributed by atoms with Crippen molar-refractivity contribution in [2.24, 2.45) is 0 Å². The third-order valence-electron chi connectivity index (χ3n) is 3.42. The number of hydrogen-bond acceptors (Lipinski definition) is 2. The summed E-state index contributed by atoms with van der Waals surface area (Å²) < 4.78 is 0. The van der Waals surface area contributed by atoms with Gasteiger partial charge in [0.2, 0.25) is 0 Å². The standard InChI is InChI=1S/C14H19NO/c1-2-14(16)10-6-9-13(14)15-11-12-7-4-3-5-8-12/h2-5,7-8,13,15-16H,1,6,9-11H2. The topological polar surface area (TPSA) is 32.3 Å². The molecular formula is C14H19NO. The van der Waals surface area contributed by atoms with Crippen LogP contribution in [0, 0.1) is 0 Å². The summed E-state index contributed by atoms with van der Waals surface area (Å²) in [7, 11) is 0. The zero-order chi connectivity index (χ0) is 11.4. The molecule has 0 aromatic heterocycles. The average molecular weight is 217 g/mol. The molecule has 0 saturated heterocycles. The van der Waals surface area contributed by atoms with Crippen LogP contribution in [0.5, 0.6) is 0 Å². The first-order valence-corrected chi connectivity index (χ1v) is 5.88. The summed E-state index contributed by atoms with van der Waals surface area (Å²) in [6.45, 7) is 4.54. The predicted octanol–water partition coefficient (Wildman–Crippen LogP) is 2.25. The third-order valence-corrected chi connectivity index (χ3v) is 3.42. The Morgan fingerprint density at radius 3 is 2.88 bits per heavy atom. The lowest BCUT2D eigenvalue weighted by Gasteiger charge is -2.27. The summed E-state index contributed by atoms with van der Waals surface area (Å²) in [4.78, 5) is 0. The van der Waals surface area contributed by atoms with E-state index in [9.17, 15) is 5.11 Å². The number of benzene rings is 1. The van der Waals surface area contributed by atoms with Crippen LogP contribution in [0.3, 0.4) is 0 Å². The van der Waals surface area contributed by atoms with E-state index in [2.05, 4.69) is 24.0 Å². The van der Waals surface area contributed by atoms with Crippen LogP contribution >= 0.6 is 0 Å². The van der Waals surface area contributed by atoms with E-state index in [1.54, 1.807) is 6.08 Å². The highest BCUT2D eigenvalue weighted by molar-refractivity contribution is 5.15. The number of aliphatic hydroxyl groups is 1. The second-order valence-corrected chi connectivity index (χ2v) is 4.51. The van der Waals surface area contributed by atoms with Crippen LogP contribution in [-0.4, -0.2) is 16.7 Å². The highest BCUT2D eigenvalue weighted by Crippen LogP contribution is 2.31. The zero-order valence-electron chi connectivity index (χ0n) is 9.52. The number of hydrogen-bond donors (Lipinski definition) is 2. The molecule has 0 bridgehead atoms. The smallest absolute Gasteiger partial charge is 0.0977 e. The van der Waals surface area contributed by atoms with Crippen molar-refractivity contribution in [3.63, 3.8) is 0 Å². The van der Waals surface area contributed by atoms with Gasteiger partial charge in [0.05, 0.1) is 5.60 Å². The normalized spacial score (nSPS) is 29.2. The number of rotatable bonds is 4. The van der Waals surface area contributed by atoms with E-state index in [-0.39, 0.29) is 6.04 Å². The molecule has 0 aliphatic heterocycles. The summed E-state index contributed by atoms with van der Waals surface area (Å²) >= 11 is 0. The Labute approximate surface area is 97.0 Å². The molecule has 0 radical (unpaired) electrons. The van der Waals surface area contributed by atoms with E-state index < -0.39 is 5.60 Å². The van der Waals surface area contributed by atoms with E-state index >= 15 is 0 Å². The first-order chi connectivity index (χ1) is 7.74. The van der Waals surface area contributed by atoms with Gasteiger partial charge < -0.3 is 10.4 Å². The molecular weight excluding hydrogens is 198 g/mol. The molecule has 0 amide bonds. The van der Waals surface area contributed by atoms with Gasteiger partial charge in [-0.2, -0.15) is 0 Å². The molecule has 1 aromatic rings. The van der Waals surface area contributed by atoms with Crippen molar-refractivity contribution >= 4 is 0 Å². The maximum atomic E-state index is 10.3. The van der Waals surface area contributed by atoms with Crippen LogP contribution in [0.4, 0.5) is 0 Å². The maximum absolute atomic E-state index is 10.3. The van der Waals surface area contributed by atoms with Crippen molar-refractivity contribution in [3.8, 4) is 0 Å². The fourth-order valence-corrected chi connectivity index (χ4v) is 2.37. The average Bonchev–Trinajstić information content (AvgIpc) is 2.70. The molecule has 2 nitrogen and oxygen atoms in total. The summed E-state index contributed by atoms with van der Waals surface area (Å²) in [5.74, 6) is 0. The fourth-order valence-electron chi connectivity index (χ4n) is 2.37. The van der Waals surface area contributed by atoms with Gasteiger partial charge in [-0.05, 0) is 24.8 Å². The van der Waals surface area contributed by atoms with E-state index in [0.29, 0.717) is 0 Å². The van der Waals surface area contributed by atoms with Crippen molar-refractivity contribution in [2.45, 2.75) is 37.5 Å². The van der Waals surface area contributed by atoms with Gasteiger partial charge in [0, 0.05) is 12.6 Å². The Kier molecular flexibility index (Phi) is 3.42. The minimum atomic E-state index is -0.714. The molecule has 2 N–H and O–H groups in total. The molecule has 2 rings (SSSR count). The molecule has 1 saturated carbocycles. The van der Waals surface area contributed by atoms with Crippen LogP contribution in [0.25, 0.3) is 0 Å². The zero-order valence-corrected chi connectivity index (χ0v) is 9.52. The molecule has 16 heavy (non-hydrogen) atoms. The summed E-state index contributed by atoms with van der Waals surface area (Å²) in [5.41, 5.74) is 0.537. The number of nitrogens with one attached hydrogen (secondary N) is 1. The molecule has 1 aromatic carbocycles. The summed E-state index contributed by atoms with van der Waals surface area (Å²) in [6.07, 6.45) is 4.59. The van der Waals surface area contributed by atoms with E-state index in [1.165, 1.54) is 5.56 Å². The summed E-state index contributed by atoms with van der Waals surface area (Å²) in [6, 6.07) is 10.4. The molecule has 0 heterocycles. The molecule has 1 aliphatic carbocycles. The highest BCUT2D eigenvalue weighted by Gasteiger charge is 2.37. The van der Waals surface area contributed by atoms with Gasteiger partial charge in [0.25, 0.3) is 0 Å².